The van der Waals surface area contributed by atoms with Crippen LogP contribution in [0.25, 0.3) is 22.0 Å². The molecule has 0 atom stereocenters. The maximum absolute atomic E-state index is 9.85. The van der Waals surface area contributed by atoms with Crippen LogP contribution in [0.5, 0.6) is 5.75 Å². The number of aromatic hydroxyl groups is 1. The van der Waals surface area contributed by atoms with E-state index in [0.717, 1.165) is 35.4 Å². The fourth-order valence-corrected chi connectivity index (χ4v) is 3.60. The van der Waals surface area contributed by atoms with Gasteiger partial charge in [-0.05, 0) is 48.2 Å². The van der Waals surface area contributed by atoms with Gasteiger partial charge in [0.1, 0.15) is 11.6 Å². The Morgan fingerprint density at radius 1 is 1.00 bits per heavy atom. The minimum atomic E-state index is 0.236. The molecule has 122 valence electrons. The van der Waals surface area contributed by atoms with Gasteiger partial charge in [0, 0.05) is 18.5 Å². The second-order valence-corrected chi connectivity index (χ2v) is 6.82. The van der Waals surface area contributed by atoms with Gasteiger partial charge in [0.05, 0.1) is 15.6 Å². The van der Waals surface area contributed by atoms with Crippen molar-refractivity contribution in [1.29, 1.82) is 0 Å². The molecular weight excluding hydrogens is 343 g/mol. The molecule has 1 fully saturated rings. The summed E-state index contributed by atoms with van der Waals surface area (Å²) in [6.07, 6.45) is 2.34. The van der Waals surface area contributed by atoms with E-state index in [2.05, 4.69) is 11.0 Å². The third-order valence-electron chi connectivity index (χ3n) is 4.45. The van der Waals surface area contributed by atoms with Crippen molar-refractivity contribution in [2.45, 2.75) is 12.8 Å². The number of hydrogen-bond donors (Lipinski definition) is 1. The molecular formula is C19H16Cl2N2O. The molecule has 1 aliphatic rings. The van der Waals surface area contributed by atoms with Crippen molar-refractivity contribution >= 4 is 39.9 Å². The Morgan fingerprint density at radius 2 is 1.79 bits per heavy atom. The zero-order chi connectivity index (χ0) is 16.7. The SMILES string of the molecule is Oc1cccc(-c2cc(N3CCCC3)nc3c(Cl)c(Cl)ccc23)c1. The Balaban J connectivity index is 2.01. The van der Waals surface area contributed by atoms with Gasteiger partial charge in [-0.1, -0.05) is 41.4 Å². The molecule has 0 unspecified atom stereocenters. The normalized spacial score (nSPS) is 14.5. The molecule has 2 aromatic carbocycles. The fraction of sp³-hybridized carbons (Fsp3) is 0.211. The van der Waals surface area contributed by atoms with E-state index in [4.69, 9.17) is 28.2 Å². The van der Waals surface area contributed by atoms with Crippen LogP contribution in [0.3, 0.4) is 0 Å². The van der Waals surface area contributed by atoms with E-state index in [1.807, 2.05) is 18.2 Å². The smallest absolute Gasteiger partial charge is 0.129 e. The Hall–Kier alpha value is -1.97. The summed E-state index contributed by atoms with van der Waals surface area (Å²) in [5.74, 6) is 1.14. The van der Waals surface area contributed by atoms with Gasteiger partial charge in [-0.3, -0.25) is 0 Å². The minimum absolute atomic E-state index is 0.236. The molecule has 2 heterocycles. The van der Waals surface area contributed by atoms with Crippen molar-refractivity contribution in [2.75, 3.05) is 18.0 Å². The highest BCUT2D eigenvalue weighted by molar-refractivity contribution is 6.45. The molecule has 5 heteroatoms. The van der Waals surface area contributed by atoms with Gasteiger partial charge in [0.2, 0.25) is 0 Å². The van der Waals surface area contributed by atoms with Gasteiger partial charge < -0.3 is 10.0 Å². The summed E-state index contributed by atoms with van der Waals surface area (Å²) in [5, 5.41) is 11.7. The van der Waals surface area contributed by atoms with Crippen molar-refractivity contribution < 1.29 is 5.11 Å². The summed E-state index contributed by atoms with van der Waals surface area (Å²) >= 11 is 12.6. The molecule has 24 heavy (non-hydrogen) atoms. The first kappa shape index (κ1) is 15.6. The third kappa shape index (κ3) is 2.68. The Morgan fingerprint density at radius 3 is 2.54 bits per heavy atom. The first-order valence-electron chi connectivity index (χ1n) is 7.96. The zero-order valence-electron chi connectivity index (χ0n) is 13.0. The lowest BCUT2D eigenvalue weighted by atomic mass is 10.0. The third-order valence-corrected chi connectivity index (χ3v) is 5.24. The molecule has 0 amide bonds. The van der Waals surface area contributed by atoms with Crippen molar-refractivity contribution in [3.05, 3.63) is 52.5 Å². The predicted octanol–water partition coefficient (Wildman–Crippen LogP) is 5.51. The maximum atomic E-state index is 9.85. The van der Waals surface area contributed by atoms with Crippen LogP contribution in [0.4, 0.5) is 5.82 Å². The van der Waals surface area contributed by atoms with Gasteiger partial charge in [-0.25, -0.2) is 4.98 Å². The summed E-state index contributed by atoms with van der Waals surface area (Å²) in [4.78, 5) is 7.04. The highest BCUT2D eigenvalue weighted by Gasteiger charge is 2.18. The van der Waals surface area contributed by atoms with E-state index in [-0.39, 0.29) is 5.75 Å². The number of benzene rings is 2. The highest BCUT2D eigenvalue weighted by Crippen LogP contribution is 2.38. The van der Waals surface area contributed by atoms with Crippen LogP contribution in [-0.4, -0.2) is 23.2 Å². The zero-order valence-corrected chi connectivity index (χ0v) is 14.5. The quantitative estimate of drug-likeness (QED) is 0.655. The fourth-order valence-electron chi connectivity index (χ4n) is 3.24. The molecule has 3 aromatic rings. The van der Waals surface area contributed by atoms with Crippen molar-refractivity contribution in [1.82, 2.24) is 4.98 Å². The molecule has 0 spiro atoms. The first-order valence-corrected chi connectivity index (χ1v) is 8.72. The van der Waals surface area contributed by atoms with E-state index in [1.54, 1.807) is 18.2 Å². The number of hydrogen-bond acceptors (Lipinski definition) is 3. The summed E-state index contributed by atoms with van der Waals surface area (Å²) in [5.41, 5.74) is 2.63. The Labute approximate surface area is 150 Å². The first-order chi connectivity index (χ1) is 11.6. The maximum Gasteiger partial charge on any atom is 0.129 e. The number of fused-ring (bicyclic) bond motifs is 1. The highest BCUT2D eigenvalue weighted by atomic mass is 35.5. The second kappa shape index (κ2) is 6.15. The van der Waals surface area contributed by atoms with E-state index < -0.39 is 0 Å². The van der Waals surface area contributed by atoms with Gasteiger partial charge in [0.15, 0.2) is 0 Å². The molecule has 0 bridgehead atoms. The molecule has 1 saturated heterocycles. The van der Waals surface area contributed by atoms with Crippen molar-refractivity contribution in [2.24, 2.45) is 0 Å². The topological polar surface area (TPSA) is 36.4 Å². The van der Waals surface area contributed by atoms with Crippen LogP contribution in [0.2, 0.25) is 10.0 Å². The Kier molecular flexibility index (Phi) is 3.99. The van der Waals surface area contributed by atoms with Crippen LogP contribution in [0.15, 0.2) is 42.5 Å². The number of rotatable bonds is 2. The van der Waals surface area contributed by atoms with Gasteiger partial charge in [-0.2, -0.15) is 0 Å². The molecule has 1 aliphatic heterocycles. The van der Waals surface area contributed by atoms with E-state index >= 15 is 0 Å². The van der Waals surface area contributed by atoms with Gasteiger partial charge in [-0.15, -0.1) is 0 Å². The average Bonchev–Trinajstić information content (AvgIpc) is 3.12. The number of nitrogens with zero attached hydrogens (tertiary/aromatic N) is 2. The largest absolute Gasteiger partial charge is 0.508 e. The number of phenolic OH excluding ortho intramolecular Hbond substituents is 1. The number of aromatic nitrogens is 1. The molecule has 4 rings (SSSR count). The Bertz CT molecular complexity index is 921. The van der Waals surface area contributed by atoms with Crippen LogP contribution < -0.4 is 4.90 Å². The van der Waals surface area contributed by atoms with Crippen LogP contribution >= 0.6 is 23.2 Å². The van der Waals surface area contributed by atoms with Crippen molar-refractivity contribution in [3.63, 3.8) is 0 Å². The van der Waals surface area contributed by atoms with Crippen LogP contribution in [0.1, 0.15) is 12.8 Å². The molecule has 1 aromatic heterocycles. The van der Waals surface area contributed by atoms with E-state index in [0.29, 0.717) is 15.6 Å². The number of pyridine rings is 1. The summed E-state index contributed by atoms with van der Waals surface area (Å²) in [6.45, 7) is 1.99. The monoisotopic (exact) mass is 358 g/mol. The van der Waals surface area contributed by atoms with E-state index in [1.165, 1.54) is 12.8 Å². The number of halogens is 2. The van der Waals surface area contributed by atoms with Gasteiger partial charge in [0.25, 0.3) is 0 Å². The lowest BCUT2D eigenvalue weighted by Gasteiger charge is -2.19. The minimum Gasteiger partial charge on any atom is -0.508 e. The summed E-state index contributed by atoms with van der Waals surface area (Å²) in [6, 6.07) is 13.0. The van der Waals surface area contributed by atoms with Crippen LogP contribution in [0, 0.1) is 0 Å². The average molecular weight is 359 g/mol. The standard InChI is InChI=1S/C19H16Cl2N2O/c20-16-7-6-14-15(12-4-3-5-13(24)10-12)11-17(22-19(14)18(16)21)23-8-1-2-9-23/h3-7,10-11,24H,1-2,8-9H2. The van der Waals surface area contributed by atoms with Crippen molar-refractivity contribution in [3.8, 4) is 16.9 Å². The predicted molar refractivity (Wildman–Crippen MR) is 100 cm³/mol. The lowest BCUT2D eigenvalue weighted by molar-refractivity contribution is 0.475. The molecule has 0 saturated carbocycles. The molecule has 0 aliphatic carbocycles. The number of phenols is 1. The van der Waals surface area contributed by atoms with Gasteiger partial charge >= 0.3 is 0 Å². The molecule has 3 nitrogen and oxygen atoms in total. The molecule has 0 radical (unpaired) electrons. The van der Waals surface area contributed by atoms with E-state index in [9.17, 15) is 5.11 Å². The number of anilines is 1. The van der Waals surface area contributed by atoms with Crippen LogP contribution in [-0.2, 0) is 0 Å². The second-order valence-electron chi connectivity index (χ2n) is 6.03. The summed E-state index contributed by atoms with van der Waals surface area (Å²) < 4.78 is 0. The molecule has 1 N–H and O–H groups in total. The summed E-state index contributed by atoms with van der Waals surface area (Å²) in [7, 11) is 0. The lowest BCUT2D eigenvalue weighted by Crippen LogP contribution is -2.19.